The van der Waals surface area contributed by atoms with Crippen LogP contribution in [0.5, 0.6) is 0 Å². The highest BCUT2D eigenvalue weighted by Gasteiger charge is 2.38. The van der Waals surface area contributed by atoms with Crippen LogP contribution >= 0.6 is 23.2 Å². The third-order valence-electron chi connectivity index (χ3n) is 4.28. The predicted molar refractivity (Wildman–Crippen MR) is 79.4 cm³/mol. The quantitative estimate of drug-likeness (QED) is 0.751. The summed E-state index contributed by atoms with van der Waals surface area (Å²) in [5, 5.41) is 0.901. The summed E-state index contributed by atoms with van der Waals surface area (Å²) in [5.74, 6) is 0.578. The van der Waals surface area contributed by atoms with E-state index in [4.69, 9.17) is 23.2 Å². The highest BCUT2D eigenvalue weighted by Crippen LogP contribution is 2.46. The lowest BCUT2D eigenvalue weighted by Crippen LogP contribution is -2.30. The second-order valence-electron chi connectivity index (χ2n) is 5.58. The molecular formula is C15H18Cl2N2. The van der Waals surface area contributed by atoms with E-state index in [-0.39, 0.29) is 4.87 Å². The Bertz CT molecular complexity index is 498. The van der Waals surface area contributed by atoms with Gasteiger partial charge in [0.15, 0.2) is 0 Å². The van der Waals surface area contributed by atoms with E-state index in [1.165, 1.54) is 25.7 Å². The Morgan fingerprint density at radius 1 is 1.37 bits per heavy atom. The third-order valence-corrected chi connectivity index (χ3v) is 5.23. The van der Waals surface area contributed by atoms with Gasteiger partial charge < -0.3 is 4.57 Å². The van der Waals surface area contributed by atoms with Gasteiger partial charge in [-0.25, -0.2) is 4.98 Å². The Kier molecular flexibility index (Phi) is 3.72. The molecule has 1 aromatic heterocycles. The smallest absolute Gasteiger partial charge is 0.0949 e. The molecule has 2 aliphatic rings. The summed E-state index contributed by atoms with van der Waals surface area (Å²) >= 11 is 13.3. The zero-order valence-corrected chi connectivity index (χ0v) is 12.4. The fraction of sp³-hybridized carbons (Fsp3) is 0.533. The van der Waals surface area contributed by atoms with Crippen molar-refractivity contribution in [1.82, 2.24) is 9.55 Å². The molecule has 1 unspecified atom stereocenters. The Morgan fingerprint density at radius 3 is 2.79 bits per heavy atom. The summed E-state index contributed by atoms with van der Waals surface area (Å²) in [4.78, 5) is 3.79. The number of hydrogen-bond donors (Lipinski definition) is 0. The number of aromatic nitrogens is 2. The van der Waals surface area contributed by atoms with Crippen LogP contribution in [0, 0.1) is 5.92 Å². The molecule has 0 N–H and O–H groups in total. The van der Waals surface area contributed by atoms with Crippen molar-refractivity contribution in [3.8, 4) is 0 Å². The monoisotopic (exact) mass is 296 g/mol. The number of halogens is 2. The summed E-state index contributed by atoms with van der Waals surface area (Å²) in [7, 11) is 0. The minimum Gasteiger partial charge on any atom is -0.333 e. The number of nitrogens with zero attached hydrogens (tertiary/aromatic N) is 2. The molecule has 0 aromatic carbocycles. The number of rotatable bonds is 3. The standard InChI is InChI=1S/C15H18Cl2N2/c16-14-9-15(17,13-3-1-2-4-13)6-5-12(14)10-19-8-7-18-11-19/h5-8,11,13H,1-4,9-10H2. The lowest BCUT2D eigenvalue weighted by molar-refractivity contribution is 0.432. The van der Waals surface area contributed by atoms with Gasteiger partial charge in [-0.1, -0.05) is 36.6 Å². The molecule has 0 bridgehead atoms. The average molecular weight is 297 g/mol. The van der Waals surface area contributed by atoms with Gasteiger partial charge in [-0.3, -0.25) is 0 Å². The molecule has 0 spiro atoms. The van der Waals surface area contributed by atoms with E-state index in [0.717, 1.165) is 23.6 Å². The summed E-state index contributed by atoms with van der Waals surface area (Å²) in [6, 6.07) is 0. The summed E-state index contributed by atoms with van der Waals surface area (Å²) in [6.07, 6.45) is 15.7. The molecule has 2 aliphatic carbocycles. The molecule has 0 aliphatic heterocycles. The number of imidazole rings is 1. The molecule has 19 heavy (non-hydrogen) atoms. The van der Waals surface area contributed by atoms with Crippen LogP contribution in [0.1, 0.15) is 32.1 Å². The van der Waals surface area contributed by atoms with Crippen molar-refractivity contribution >= 4 is 23.2 Å². The number of hydrogen-bond acceptors (Lipinski definition) is 1. The minimum absolute atomic E-state index is 0.258. The SMILES string of the molecule is ClC1=C(Cn2ccnc2)C=CC(Cl)(C2CCCC2)C1. The Labute approximate surface area is 124 Å². The maximum atomic E-state index is 6.80. The van der Waals surface area contributed by atoms with E-state index in [2.05, 4.69) is 17.1 Å². The molecule has 1 atom stereocenters. The van der Waals surface area contributed by atoms with Gasteiger partial charge in [0.1, 0.15) is 0 Å². The molecule has 1 fully saturated rings. The van der Waals surface area contributed by atoms with Crippen molar-refractivity contribution in [3.63, 3.8) is 0 Å². The minimum atomic E-state index is -0.258. The van der Waals surface area contributed by atoms with Gasteiger partial charge >= 0.3 is 0 Å². The van der Waals surface area contributed by atoms with Crippen LogP contribution in [-0.2, 0) is 6.54 Å². The van der Waals surface area contributed by atoms with E-state index in [1.807, 2.05) is 17.1 Å². The van der Waals surface area contributed by atoms with Gasteiger partial charge in [-0.2, -0.15) is 0 Å². The molecule has 0 radical (unpaired) electrons. The summed E-state index contributed by atoms with van der Waals surface area (Å²) in [6.45, 7) is 0.771. The van der Waals surface area contributed by atoms with Gasteiger partial charge in [-0.05, 0) is 24.3 Å². The topological polar surface area (TPSA) is 17.8 Å². The molecule has 3 rings (SSSR count). The lowest BCUT2D eigenvalue weighted by Gasteiger charge is -2.33. The van der Waals surface area contributed by atoms with Crippen LogP contribution in [0.2, 0.25) is 0 Å². The molecule has 0 amide bonds. The van der Waals surface area contributed by atoms with Crippen LogP contribution in [0.15, 0.2) is 41.5 Å². The van der Waals surface area contributed by atoms with Crippen molar-refractivity contribution in [1.29, 1.82) is 0 Å². The second kappa shape index (κ2) is 5.34. The fourth-order valence-electron chi connectivity index (χ4n) is 3.14. The van der Waals surface area contributed by atoms with E-state index >= 15 is 0 Å². The normalized spacial score (nSPS) is 28.3. The van der Waals surface area contributed by atoms with Crippen molar-refractivity contribution in [3.05, 3.63) is 41.5 Å². The van der Waals surface area contributed by atoms with E-state index in [1.54, 1.807) is 6.20 Å². The lowest BCUT2D eigenvalue weighted by atomic mass is 9.83. The molecule has 0 saturated heterocycles. The molecule has 4 heteroatoms. The van der Waals surface area contributed by atoms with Crippen LogP contribution in [0.3, 0.4) is 0 Å². The average Bonchev–Trinajstić information content (AvgIpc) is 3.05. The van der Waals surface area contributed by atoms with Gasteiger partial charge in [0.05, 0.1) is 11.2 Å². The van der Waals surface area contributed by atoms with Crippen molar-refractivity contribution in [2.45, 2.75) is 43.5 Å². The largest absolute Gasteiger partial charge is 0.333 e. The van der Waals surface area contributed by atoms with Gasteiger partial charge in [0, 0.05) is 30.4 Å². The highest BCUT2D eigenvalue weighted by molar-refractivity contribution is 6.32. The molecule has 1 aromatic rings. The molecule has 1 heterocycles. The van der Waals surface area contributed by atoms with Crippen LogP contribution in [0.4, 0.5) is 0 Å². The van der Waals surface area contributed by atoms with Crippen LogP contribution in [0.25, 0.3) is 0 Å². The van der Waals surface area contributed by atoms with Gasteiger partial charge in [-0.15, -0.1) is 11.6 Å². The Balaban J connectivity index is 1.74. The molecular weight excluding hydrogens is 279 g/mol. The Morgan fingerprint density at radius 2 is 2.16 bits per heavy atom. The Hall–Kier alpha value is -0.730. The summed E-state index contributed by atoms with van der Waals surface area (Å²) < 4.78 is 2.03. The first-order valence-corrected chi connectivity index (χ1v) is 7.64. The molecule has 102 valence electrons. The fourth-order valence-corrected chi connectivity index (χ4v) is 3.97. The van der Waals surface area contributed by atoms with Crippen LogP contribution in [-0.4, -0.2) is 14.4 Å². The second-order valence-corrected chi connectivity index (χ2v) is 6.74. The first-order chi connectivity index (χ1) is 9.17. The number of allylic oxidation sites excluding steroid dienone is 4. The predicted octanol–water partition coefficient (Wildman–Crippen LogP) is 4.50. The highest BCUT2D eigenvalue weighted by atomic mass is 35.5. The summed E-state index contributed by atoms with van der Waals surface area (Å²) in [5.41, 5.74) is 1.15. The zero-order chi connectivity index (χ0) is 13.3. The van der Waals surface area contributed by atoms with E-state index < -0.39 is 0 Å². The van der Waals surface area contributed by atoms with Crippen molar-refractivity contribution < 1.29 is 0 Å². The first-order valence-electron chi connectivity index (χ1n) is 6.89. The van der Waals surface area contributed by atoms with E-state index in [9.17, 15) is 0 Å². The van der Waals surface area contributed by atoms with Crippen molar-refractivity contribution in [2.24, 2.45) is 5.92 Å². The maximum absolute atomic E-state index is 6.80. The molecule has 1 saturated carbocycles. The van der Waals surface area contributed by atoms with E-state index in [0.29, 0.717) is 5.92 Å². The van der Waals surface area contributed by atoms with Gasteiger partial charge in [0.2, 0.25) is 0 Å². The third kappa shape index (κ3) is 2.75. The van der Waals surface area contributed by atoms with Crippen molar-refractivity contribution in [2.75, 3.05) is 0 Å². The van der Waals surface area contributed by atoms with Gasteiger partial charge in [0.25, 0.3) is 0 Å². The number of alkyl halides is 1. The first kappa shape index (κ1) is 13.3. The maximum Gasteiger partial charge on any atom is 0.0949 e. The van der Waals surface area contributed by atoms with Crippen LogP contribution < -0.4 is 0 Å². The zero-order valence-electron chi connectivity index (χ0n) is 10.9. The molecule has 2 nitrogen and oxygen atoms in total.